The average molecular weight is 456 g/mol. The van der Waals surface area contributed by atoms with Crippen LogP contribution in [0.15, 0.2) is 27.8 Å². The molecular weight excluding hydrogens is 426 g/mol. The molecular formula is C23H29N5O3S. The van der Waals surface area contributed by atoms with Crippen LogP contribution in [0.2, 0.25) is 0 Å². The highest BCUT2D eigenvalue weighted by molar-refractivity contribution is 7.22. The van der Waals surface area contributed by atoms with Gasteiger partial charge in [0.15, 0.2) is 10.8 Å². The third kappa shape index (κ3) is 4.34. The van der Waals surface area contributed by atoms with E-state index in [1.165, 1.54) is 26.9 Å². The van der Waals surface area contributed by atoms with Crippen molar-refractivity contribution in [3.63, 3.8) is 0 Å². The SMILES string of the molecule is CCCn1c(=O)c2sc(N3CCCCC3)nc2n(CC(=O)Nc2cc(C)ccc2C)c1=O. The van der Waals surface area contributed by atoms with Crippen LogP contribution in [0.5, 0.6) is 0 Å². The van der Waals surface area contributed by atoms with Gasteiger partial charge in [-0.2, -0.15) is 0 Å². The van der Waals surface area contributed by atoms with Crippen LogP contribution in [0.4, 0.5) is 10.8 Å². The number of fused-ring (bicyclic) bond motifs is 1. The maximum atomic E-state index is 13.2. The second-order valence-corrected chi connectivity index (χ2v) is 9.37. The first-order chi connectivity index (χ1) is 15.4. The molecule has 1 saturated heterocycles. The quantitative estimate of drug-likeness (QED) is 0.616. The van der Waals surface area contributed by atoms with Crippen LogP contribution in [-0.4, -0.2) is 33.1 Å². The molecule has 3 heterocycles. The monoisotopic (exact) mass is 455 g/mol. The zero-order valence-corrected chi connectivity index (χ0v) is 19.6. The summed E-state index contributed by atoms with van der Waals surface area (Å²) in [6, 6.07) is 5.83. The van der Waals surface area contributed by atoms with Crippen molar-refractivity contribution < 1.29 is 4.79 Å². The molecule has 1 aliphatic rings. The standard InChI is InChI=1S/C23H29N5O3S/c1-4-10-27-21(30)19-20(25-22(32-19)26-11-6-5-7-12-26)28(23(27)31)14-18(29)24-17-13-15(2)8-9-16(17)3/h8-9,13H,4-7,10-12,14H2,1-3H3,(H,24,29). The normalized spacial score (nSPS) is 14.2. The minimum atomic E-state index is -0.490. The number of carbonyl (C=O) groups is 1. The van der Waals surface area contributed by atoms with E-state index in [0.29, 0.717) is 29.0 Å². The first kappa shape index (κ1) is 22.3. The molecule has 1 N–H and O–H groups in total. The third-order valence-corrected chi connectivity index (χ3v) is 6.89. The van der Waals surface area contributed by atoms with Crippen molar-refractivity contribution >= 4 is 38.4 Å². The summed E-state index contributed by atoms with van der Waals surface area (Å²) in [4.78, 5) is 46.0. The summed E-state index contributed by atoms with van der Waals surface area (Å²) in [6.07, 6.45) is 4.00. The molecule has 32 heavy (non-hydrogen) atoms. The summed E-state index contributed by atoms with van der Waals surface area (Å²) in [5, 5.41) is 3.65. The Labute approximate surface area is 190 Å². The van der Waals surface area contributed by atoms with Crippen LogP contribution in [0.1, 0.15) is 43.7 Å². The van der Waals surface area contributed by atoms with Crippen molar-refractivity contribution in [2.45, 2.75) is 59.5 Å². The van der Waals surface area contributed by atoms with E-state index >= 15 is 0 Å². The predicted molar refractivity (Wildman–Crippen MR) is 129 cm³/mol. The summed E-state index contributed by atoms with van der Waals surface area (Å²) in [7, 11) is 0. The number of aromatic nitrogens is 3. The second kappa shape index (κ2) is 9.28. The Bertz CT molecular complexity index is 1270. The molecule has 9 heteroatoms. The molecule has 0 unspecified atom stereocenters. The number of nitrogens with one attached hydrogen (secondary N) is 1. The largest absolute Gasteiger partial charge is 0.348 e. The van der Waals surface area contributed by atoms with E-state index in [0.717, 1.165) is 42.2 Å². The Balaban J connectivity index is 1.75. The van der Waals surface area contributed by atoms with Crippen molar-refractivity contribution in [3.8, 4) is 0 Å². The third-order valence-electron chi connectivity index (χ3n) is 5.80. The van der Waals surface area contributed by atoms with E-state index in [2.05, 4.69) is 15.2 Å². The fourth-order valence-electron chi connectivity index (χ4n) is 4.06. The molecule has 1 aromatic carbocycles. The second-order valence-electron chi connectivity index (χ2n) is 8.39. The number of rotatable bonds is 6. The van der Waals surface area contributed by atoms with E-state index in [9.17, 15) is 14.4 Å². The van der Waals surface area contributed by atoms with Gasteiger partial charge in [-0.05, 0) is 56.7 Å². The average Bonchev–Trinajstić information content (AvgIpc) is 3.23. The fraction of sp³-hybridized carbons (Fsp3) is 0.478. The van der Waals surface area contributed by atoms with Gasteiger partial charge in [0.05, 0.1) is 0 Å². The van der Waals surface area contributed by atoms with Gasteiger partial charge in [-0.25, -0.2) is 9.78 Å². The minimum absolute atomic E-state index is 0.199. The molecule has 1 amide bonds. The molecule has 1 aliphatic heterocycles. The van der Waals surface area contributed by atoms with Crippen LogP contribution < -0.4 is 21.5 Å². The van der Waals surface area contributed by atoms with Gasteiger partial charge in [-0.1, -0.05) is 30.4 Å². The Hall–Kier alpha value is -2.94. The number of carbonyl (C=O) groups excluding carboxylic acids is 1. The van der Waals surface area contributed by atoms with Gasteiger partial charge in [0.25, 0.3) is 5.56 Å². The molecule has 8 nitrogen and oxygen atoms in total. The number of hydrogen-bond acceptors (Lipinski definition) is 6. The summed E-state index contributed by atoms with van der Waals surface area (Å²) < 4.78 is 3.00. The number of piperidine rings is 1. The summed E-state index contributed by atoms with van der Waals surface area (Å²) >= 11 is 1.32. The zero-order valence-electron chi connectivity index (χ0n) is 18.8. The van der Waals surface area contributed by atoms with Gasteiger partial charge in [0, 0.05) is 25.3 Å². The Morgan fingerprint density at radius 1 is 1.12 bits per heavy atom. The number of hydrogen-bond donors (Lipinski definition) is 1. The maximum absolute atomic E-state index is 13.2. The van der Waals surface area contributed by atoms with Crippen molar-refractivity contribution in [2.24, 2.45) is 0 Å². The van der Waals surface area contributed by atoms with E-state index in [1.54, 1.807) is 0 Å². The molecule has 0 saturated carbocycles. The Morgan fingerprint density at radius 3 is 2.59 bits per heavy atom. The lowest BCUT2D eigenvalue weighted by Gasteiger charge is -2.25. The number of nitrogens with zero attached hydrogens (tertiary/aromatic N) is 4. The van der Waals surface area contributed by atoms with Gasteiger partial charge in [0.2, 0.25) is 5.91 Å². The molecule has 0 bridgehead atoms. The van der Waals surface area contributed by atoms with Gasteiger partial charge in [0.1, 0.15) is 11.2 Å². The smallest absolute Gasteiger partial charge is 0.333 e. The lowest BCUT2D eigenvalue weighted by Crippen LogP contribution is -2.41. The highest BCUT2D eigenvalue weighted by Crippen LogP contribution is 2.28. The van der Waals surface area contributed by atoms with Crippen LogP contribution in [-0.2, 0) is 17.9 Å². The van der Waals surface area contributed by atoms with Crippen LogP contribution >= 0.6 is 11.3 Å². The van der Waals surface area contributed by atoms with Crippen LogP contribution in [0, 0.1) is 13.8 Å². The highest BCUT2D eigenvalue weighted by Gasteiger charge is 2.22. The minimum Gasteiger partial charge on any atom is -0.348 e. The van der Waals surface area contributed by atoms with Crippen molar-refractivity contribution in [1.29, 1.82) is 0 Å². The van der Waals surface area contributed by atoms with Gasteiger partial charge < -0.3 is 10.2 Å². The molecule has 170 valence electrons. The van der Waals surface area contributed by atoms with Crippen molar-refractivity contribution in [2.75, 3.05) is 23.3 Å². The van der Waals surface area contributed by atoms with E-state index in [-0.39, 0.29) is 18.0 Å². The first-order valence-electron chi connectivity index (χ1n) is 11.1. The molecule has 0 radical (unpaired) electrons. The zero-order chi connectivity index (χ0) is 22.8. The number of anilines is 2. The number of amides is 1. The van der Waals surface area contributed by atoms with E-state index in [1.807, 2.05) is 39.0 Å². The van der Waals surface area contributed by atoms with Gasteiger partial charge in [-0.15, -0.1) is 0 Å². The predicted octanol–water partition coefficient (Wildman–Crippen LogP) is 3.28. The molecule has 1 fully saturated rings. The van der Waals surface area contributed by atoms with Gasteiger partial charge >= 0.3 is 5.69 Å². The van der Waals surface area contributed by atoms with Crippen molar-refractivity contribution in [1.82, 2.24) is 14.1 Å². The molecule has 0 spiro atoms. The lowest BCUT2D eigenvalue weighted by atomic mass is 10.1. The number of thiazole rings is 1. The lowest BCUT2D eigenvalue weighted by molar-refractivity contribution is -0.116. The Kier molecular flexibility index (Phi) is 6.45. The van der Waals surface area contributed by atoms with Crippen LogP contribution in [0.25, 0.3) is 10.3 Å². The fourth-order valence-corrected chi connectivity index (χ4v) is 5.13. The van der Waals surface area contributed by atoms with E-state index in [4.69, 9.17) is 0 Å². The van der Waals surface area contributed by atoms with Crippen molar-refractivity contribution in [3.05, 3.63) is 50.2 Å². The molecule has 2 aromatic heterocycles. The topological polar surface area (TPSA) is 89.2 Å². The summed E-state index contributed by atoms with van der Waals surface area (Å²) in [6.45, 7) is 7.69. The highest BCUT2D eigenvalue weighted by atomic mass is 32.1. The van der Waals surface area contributed by atoms with Gasteiger partial charge in [-0.3, -0.25) is 18.7 Å². The summed E-state index contributed by atoms with van der Waals surface area (Å²) in [5.41, 5.74) is 2.18. The number of aryl methyl sites for hydroxylation is 2. The molecule has 0 aliphatic carbocycles. The Morgan fingerprint density at radius 2 is 1.88 bits per heavy atom. The summed E-state index contributed by atoms with van der Waals surface area (Å²) in [5.74, 6) is -0.323. The molecule has 3 aromatic rings. The molecule has 4 rings (SSSR count). The maximum Gasteiger partial charge on any atom is 0.333 e. The van der Waals surface area contributed by atoms with Crippen LogP contribution in [0.3, 0.4) is 0 Å². The number of benzene rings is 1. The van der Waals surface area contributed by atoms with E-state index < -0.39 is 5.69 Å². The first-order valence-corrected chi connectivity index (χ1v) is 12.0. The molecule has 0 atom stereocenters.